The number of benzene rings is 2. The van der Waals surface area contributed by atoms with Crippen molar-refractivity contribution in [3.05, 3.63) is 48.0 Å². The molecule has 0 atom stereocenters. The fraction of sp³-hybridized carbons (Fsp3) is 0.417. The maximum atomic E-state index is 13.0. The van der Waals surface area contributed by atoms with E-state index >= 15 is 0 Å². The van der Waals surface area contributed by atoms with Gasteiger partial charge in [0.15, 0.2) is 11.5 Å². The van der Waals surface area contributed by atoms with Gasteiger partial charge in [0.2, 0.25) is 0 Å². The lowest BCUT2D eigenvalue weighted by atomic mass is 9.77. The molecule has 1 aliphatic heterocycles. The highest BCUT2D eigenvalue weighted by Crippen LogP contribution is 2.34. The fourth-order valence-corrected chi connectivity index (χ4v) is 5.31. The molecule has 1 saturated carbocycles. The highest BCUT2D eigenvalue weighted by atomic mass is 32.2. The topological polar surface area (TPSA) is 120 Å². The van der Waals surface area contributed by atoms with Crippen LogP contribution in [0.4, 0.5) is 5.69 Å². The van der Waals surface area contributed by atoms with E-state index in [4.69, 9.17) is 14.2 Å². The molecule has 2 aliphatic rings. The van der Waals surface area contributed by atoms with Crippen molar-refractivity contribution < 1.29 is 32.2 Å². The number of hydrogen-bond acceptors (Lipinski definition) is 7. The summed E-state index contributed by atoms with van der Waals surface area (Å²) in [6.45, 7) is 2.86. The summed E-state index contributed by atoms with van der Waals surface area (Å²) < 4.78 is 44.2. The second-order valence-electron chi connectivity index (χ2n) is 8.70. The number of fused-ring (bicyclic) bond motifs is 1. The van der Waals surface area contributed by atoms with Crippen molar-refractivity contribution in [3.63, 3.8) is 0 Å². The number of nitrogens with one attached hydrogen (secondary N) is 2. The minimum atomic E-state index is -3.94. The zero-order valence-electron chi connectivity index (χ0n) is 19.1. The standard InChI is InChI=1S/C24H28N2O7S/c1-16-8-10-24(11-9-16,23(28)31-2)25-22(27)17-4-3-5-18(14-17)26-34(29,30)19-6-7-20-21(15-19)33-13-12-32-20/h3-7,14-16,26H,8-13H2,1-2H3,(H,25,27). The van der Waals surface area contributed by atoms with Crippen molar-refractivity contribution in [3.8, 4) is 11.5 Å². The lowest BCUT2D eigenvalue weighted by Gasteiger charge is -2.37. The first-order valence-corrected chi connectivity index (χ1v) is 12.6. The summed E-state index contributed by atoms with van der Waals surface area (Å²) >= 11 is 0. The summed E-state index contributed by atoms with van der Waals surface area (Å²) in [6.07, 6.45) is 2.57. The first-order chi connectivity index (χ1) is 16.2. The number of carbonyl (C=O) groups is 2. The van der Waals surface area contributed by atoms with Crippen LogP contribution >= 0.6 is 0 Å². The molecule has 4 rings (SSSR count). The molecule has 0 unspecified atom stereocenters. The Morgan fingerprint density at radius 2 is 1.74 bits per heavy atom. The van der Waals surface area contributed by atoms with E-state index in [9.17, 15) is 18.0 Å². The third-order valence-corrected chi connectivity index (χ3v) is 7.64. The number of anilines is 1. The van der Waals surface area contributed by atoms with Gasteiger partial charge in [-0.3, -0.25) is 9.52 Å². The van der Waals surface area contributed by atoms with Crippen LogP contribution in [-0.4, -0.2) is 46.2 Å². The third kappa shape index (κ3) is 4.96. The average Bonchev–Trinajstić information content (AvgIpc) is 2.84. The molecule has 10 heteroatoms. The van der Waals surface area contributed by atoms with Crippen molar-refractivity contribution in [2.24, 2.45) is 5.92 Å². The molecular weight excluding hydrogens is 460 g/mol. The van der Waals surface area contributed by atoms with Crippen molar-refractivity contribution >= 4 is 27.6 Å². The van der Waals surface area contributed by atoms with Gasteiger partial charge in [0, 0.05) is 17.3 Å². The molecule has 2 N–H and O–H groups in total. The Hall–Kier alpha value is -3.27. The molecule has 0 bridgehead atoms. The maximum Gasteiger partial charge on any atom is 0.331 e. The Morgan fingerprint density at radius 1 is 1.03 bits per heavy atom. The Labute approximate surface area is 198 Å². The second kappa shape index (κ2) is 9.54. The van der Waals surface area contributed by atoms with Crippen molar-refractivity contribution in [1.29, 1.82) is 0 Å². The molecule has 0 saturated heterocycles. The van der Waals surface area contributed by atoms with Crippen LogP contribution in [0.2, 0.25) is 0 Å². The lowest BCUT2D eigenvalue weighted by Crippen LogP contribution is -2.56. The number of rotatable bonds is 6. The minimum Gasteiger partial charge on any atom is -0.486 e. The summed E-state index contributed by atoms with van der Waals surface area (Å²) in [5.41, 5.74) is -0.643. The van der Waals surface area contributed by atoms with Gasteiger partial charge in [-0.25, -0.2) is 13.2 Å². The fourth-order valence-electron chi connectivity index (χ4n) is 4.25. The molecule has 1 heterocycles. The highest BCUT2D eigenvalue weighted by molar-refractivity contribution is 7.92. The van der Waals surface area contributed by atoms with Crippen LogP contribution in [0, 0.1) is 5.92 Å². The van der Waals surface area contributed by atoms with Crippen molar-refractivity contribution in [1.82, 2.24) is 5.32 Å². The number of amides is 1. The summed E-state index contributed by atoms with van der Waals surface area (Å²) in [6, 6.07) is 10.5. The summed E-state index contributed by atoms with van der Waals surface area (Å²) in [7, 11) is -2.64. The molecule has 1 fully saturated rings. The lowest BCUT2D eigenvalue weighted by molar-refractivity contribution is -0.150. The quantitative estimate of drug-likeness (QED) is 0.600. The van der Waals surface area contributed by atoms with Gasteiger partial charge in [-0.1, -0.05) is 13.0 Å². The van der Waals surface area contributed by atoms with E-state index in [0.717, 1.165) is 12.8 Å². The van der Waals surface area contributed by atoms with Gasteiger partial charge >= 0.3 is 5.97 Å². The molecule has 2 aromatic rings. The predicted molar refractivity (Wildman–Crippen MR) is 125 cm³/mol. The Kier molecular flexibility index (Phi) is 6.70. The molecule has 9 nitrogen and oxygen atoms in total. The Morgan fingerprint density at radius 3 is 2.44 bits per heavy atom. The molecule has 1 amide bonds. The Balaban J connectivity index is 1.52. The maximum absolute atomic E-state index is 13.0. The van der Waals surface area contributed by atoms with Crippen LogP contribution in [0.15, 0.2) is 47.4 Å². The summed E-state index contributed by atoms with van der Waals surface area (Å²) in [5, 5.41) is 2.85. The molecular formula is C24H28N2O7S. The smallest absolute Gasteiger partial charge is 0.331 e. The number of ether oxygens (including phenoxy) is 3. The van der Waals surface area contributed by atoms with E-state index in [-0.39, 0.29) is 16.1 Å². The van der Waals surface area contributed by atoms with Crippen LogP contribution in [0.1, 0.15) is 43.0 Å². The van der Waals surface area contributed by atoms with E-state index in [0.29, 0.717) is 43.5 Å². The Bertz CT molecular complexity index is 1190. The summed E-state index contributed by atoms with van der Waals surface area (Å²) in [4.78, 5) is 25.6. The third-order valence-electron chi connectivity index (χ3n) is 6.26. The molecule has 2 aromatic carbocycles. The molecule has 0 radical (unpaired) electrons. The van der Waals surface area contributed by atoms with Gasteiger partial charge in [-0.2, -0.15) is 0 Å². The zero-order valence-corrected chi connectivity index (χ0v) is 19.9. The monoisotopic (exact) mass is 488 g/mol. The van der Waals surface area contributed by atoms with Crippen LogP contribution in [-0.2, 0) is 19.6 Å². The molecule has 34 heavy (non-hydrogen) atoms. The van der Waals surface area contributed by atoms with Crippen LogP contribution in [0.3, 0.4) is 0 Å². The summed E-state index contributed by atoms with van der Waals surface area (Å²) in [5.74, 6) is 0.370. The predicted octanol–water partition coefficient (Wildman–Crippen LogP) is 3.11. The van der Waals surface area contributed by atoms with Crippen LogP contribution in [0.5, 0.6) is 11.5 Å². The molecule has 0 spiro atoms. The molecule has 1 aliphatic carbocycles. The van der Waals surface area contributed by atoms with E-state index < -0.39 is 27.4 Å². The van der Waals surface area contributed by atoms with Gasteiger partial charge < -0.3 is 19.5 Å². The normalized spacial score (nSPS) is 21.9. The van der Waals surface area contributed by atoms with E-state index in [2.05, 4.69) is 17.0 Å². The average molecular weight is 489 g/mol. The van der Waals surface area contributed by atoms with E-state index in [1.54, 1.807) is 24.3 Å². The largest absolute Gasteiger partial charge is 0.486 e. The van der Waals surface area contributed by atoms with Gasteiger partial charge in [0.1, 0.15) is 18.8 Å². The van der Waals surface area contributed by atoms with Gasteiger partial charge in [0.05, 0.1) is 12.0 Å². The van der Waals surface area contributed by atoms with E-state index in [1.165, 1.54) is 25.3 Å². The SMILES string of the molecule is COC(=O)C1(NC(=O)c2cccc(NS(=O)(=O)c3ccc4c(c3)OCCO4)c2)CCC(C)CC1. The van der Waals surface area contributed by atoms with Crippen LogP contribution in [0.25, 0.3) is 0 Å². The number of hydrogen-bond donors (Lipinski definition) is 2. The number of methoxy groups -OCH3 is 1. The van der Waals surface area contributed by atoms with E-state index in [1.807, 2.05) is 0 Å². The number of sulfonamides is 1. The highest BCUT2D eigenvalue weighted by Gasteiger charge is 2.43. The van der Waals surface area contributed by atoms with Crippen molar-refractivity contribution in [2.45, 2.75) is 43.0 Å². The second-order valence-corrected chi connectivity index (χ2v) is 10.4. The molecule has 182 valence electrons. The van der Waals surface area contributed by atoms with Gasteiger partial charge in [-0.05, 0) is 61.9 Å². The zero-order chi connectivity index (χ0) is 24.3. The number of carbonyl (C=O) groups excluding carboxylic acids is 2. The minimum absolute atomic E-state index is 0.00701. The van der Waals surface area contributed by atoms with Gasteiger partial charge in [0.25, 0.3) is 15.9 Å². The first kappa shape index (κ1) is 23.9. The first-order valence-electron chi connectivity index (χ1n) is 11.2. The number of esters is 1. The van der Waals surface area contributed by atoms with Crippen molar-refractivity contribution in [2.75, 3.05) is 25.0 Å². The van der Waals surface area contributed by atoms with Gasteiger partial charge in [-0.15, -0.1) is 0 Å². The van der Waals surface area contributed by atoms with Crippen LogP contribution < -0.4 is 19.5 Å². The molecule has 0 aromatic heterocycles.